The zero-order chi connectivity index (χ0) is 24.8. The number of aromatic amines is 1. The van der Waals surface area contributed by atoms with Crippen LogP contribution in [0.25, 0.3) is 10.9 Å². The van der Waals surface area contributed by atoms with Crippen molar-refractivity contribution in [1.29, 1.82) is 0 Å². The maximum Gasteiger partial charge on any atom is 0.327 e. The molecule has 2 aromatic rings. The van der Waals surface area contributed by atoms with Gasteiger partial charge in [0.15, 0.2) is 0 Å². The van der Waals surface area contributed by atoms with Gasteiger partial charge in [-0.3, -0.25) is 14.4 Å². The Hall–Kier alpha value is -2.70. The van der Waals surface area contributed by atoms with Gasteiger partial charge >= 0.3 is 5.97 Å². The smallest absolute Gasteiger partial charge is 0.327 e. The van der Waals surface area contributed by atoms with E-state index in [1.807, 2.05) is 24.3 Å². The van der Waals surface area contributed by atoms with Crippen molar-refractivity contribution in [3.63, 3.8) is 0 Å². The van der Waals surface area contributed by atoms with Gasteiger partial charge in [0.1, 0.15) is 18.1 Å². The molecular formula is C22H29N5O5S2. The Morgan fingerprint density at radius 2 is 1.88 bits per heavy atom. The quantitative estimate of drug-likeness (QED) is 0.223. The predicted octanol–water partition coefficient (Wildman–Crippen LogP) is -0.0575. The maximum atomic E-state index is 13.6. The van der Waals surface area contributed by atoms with Gasteiger partial charge in [-0.15, -0.1) is 0 Å². The average molecular weight is 508 g/mol. The molecule has 1 fully saturated rings. The van der Waals surface area contributed by atoms with Crippen LogP contribution in [0.2, 0.25) is 0 Å². The molecule has 184 valence electrons. The number of likely N-dealkylation sites (tertiary alicyclic amines) is 1. The Kier molecular flexibility index (Phi) is 8.86. The van der Waals surface area contributed by atoms with E-state index < -0.39 is 47.9 Å². The first-order valence-corrected chi connectivity index (χ1v) is 12.2. The van der Waals surface area contributed by atoms with Gasteiger partial charge in [-0.2, -0.15) is 25.3 Å². The van der Waals surface area contributed by atoms with Crippen molar-refractivity contribution in [1.82, 2.24) is 20.5 Å². The number of thiol groups is 2. The molecule has 3 rings (SSSR count). The average Bonchev–Trinajstić information content (AvgIpc) is 3.48. The largest absolute Gasteiger partial charge is 0.480 e. The van der Waals surface area contributed by atoms with Gasteiger partial charge in [-0.1, -0.05) is 18.2 Å². The van der Waals surface area contributed by atoms with Crippen LogP contribution in [0.15, 0.2) is 30.5 Å². The molecule has 1 saturated heterocycles. The number of amides is 3. The molecule has 0 aliphatic carbocycles. The molecule has 12 heteroatoms. The number of aromatic nitrogens is 1. The number of para-hydroxylation sites is 1. The summed E-state index contributed by atoms with van der Waals surface area (Å²) in [5.41, 5.74) is 7.53. The standard InChI is InChI=1S/C22H29N5O5S2/c23-14(10-33)19(28)25-16(8-12-9-24-15-5-2-1-4-13(12)15)21(30)27-7-3-6-18(27)20(29)26-17(11-34)22(31)32/h1-2,4-5,9,14,16-18,24,33-34H,3,6-8,10-11,23H2,(H,25,28)(H,26,29)(H,31,32). The molecule has 0 saturated carbocycles. The van der Waals surface area contributed by atoms with Crippen molar-refractivity contribution >= 4 is 59.9 Å². The van der Waals surface area contributed by atoms with Gasteiger partial charge in [0.2, 0.25) is 17.7 Å². The van der Waals surface area contributed by atoms with Crippen molar-refractivity contribution in [2.75, 3.05) is 18.1 Å². The maximum absolute atomic E-state index is 13.6. The van der Waals surface area contributed by atoms with Crippen molar-refractivity contribution in [3.05, 3.63) is 36.0 Å². The minimum absolute atomic E-state index is 0.0808. The third-order valence-corrected chi connectivity index (χ3v) is 6.64. The van der Waals surface area contributed by atoms with E-state index in [0.717, 1.165) is 16.5 Å². The Morgan fingerprint density at radius 3 is 2.56 bits per heavy atom. The monoisotopic (exact) mass is 507 g/mol. The van der Waals surface area contributed by atoms with Crippen molar-refractivity contribution in [3.8, 4) is 0 Å². The summed E-state index contributed by atoms with van der Waals surface area (Å²) < 4.78 is 0. The number of fused-ring (bicyclic) bond motifs is 1. The van der Waals surface area contributed by atoms with Crippen molar-refractivity contribution in [2.24, 2.45) is 5.73 Å². The van der Waals surface area contributed by atoms with E-state index in [2.05, 4.69) is 40.9 Å². The highest BCUT2D eigenvalue weighted by molar-refractivity contribution is 7.80. The van der Waals surface area contributed by atoms with Crippen LogP contribution in [-0.4, -0.2) is 80.9 Å². The lowest BCUT2D eigenvalue weighted by Gasteiger charge is -2.29. The van der Waals surface area contributed by atoms with Crippen LogP contribution in [0.5, 0.6) is 0 Å². The lowest BCUT2D eigenvalue weighted by Crippen LogP contribution is -2.57. The summed E-state index contributed by atoms with van der Waals surface area (Å²) in [7, 11) is 0. The Morgan fingerprint density at radius 1 is 1.15 bits per heavy atom. The number of benzene rings is 1. The zero-order valence-corrected chi connectivity index (χ0v) is 20.2. The number of rotatable bonds is 10. The molecule has 0 radical (unpaired) electrons. The summed E-state index contributed by atoms with van der Waals surface area (Å²) >= 11 is 8.03. The minimum Gasteiger partial charge on any atom is -0.480 e. The van der Waals surface area contributed by atoms with E-state index in [1.165, 1.54) is 4.90 Å². The van der Waals surface area contributed by atoms with Crippen LogP contribution in [-0.2, 0) is 25.6 Å². The number of carboxylic acid groups (broad SMARTS) is 1. The molecule has 0 bridgehead atoms. The lowest BCUT2D eigenvalue weighted by molar-refractivity contribution is -0.144. The van der Waals surface area contributed by atoms with Gasteiger partial charge < -0.3 is 31.4 Å². The second-order valence-corrected chi connectivity index (χ2v) is 8.92. The highest BCUT2D eigenvalue weighted by Crippen LogP contribution is 2.23. The number of carboxylic acids is 1. The molecule has 0 spiro atoms. The van der Waals surface area contributed by atoms with E-state index in [9.17, 15) is 24.3 Å². The van der Waals surface area contributed by atoms with E-state index >= 15 is 0 Å². The van der Waals surface area contributed by atoms with Crippen LogP contribution < -0.4 is 16.4 Å². The summed E-state index contributed by atoms with van der Waals surface area (Å²) in [6.45, 7) is 0.314. The second-order valence-electron chi connectivity index (χ2n) is 8.19. The first-order chi connectivity index (χ1) is 16.3. The summed E-state index contributed by atoms with van der Waals surface area (Å²) in [5, 5.41) is 15.3. The number of carbonyl (C=O) groups is 4. The number of nitrogens with two attached hydrogens (primary N) is 1. The van der Waals surface area contributed by atoms with Crippen LogP contribution in [0.4, 0.5) is 0 Å². The van der Waals surface area contributed by atoms with Crippen LogP contribution in [0.3, 0.4) is 0 Å². The number of nitrogens with one attached hydrogen (secondary N) is 3. The fraction of sp³-hybridized carbons (Fsp3) is 0.455. The van der Waals surface area contributed by atoms with Crippen molar-refractivity contribution in [2.45, 2.75) is 43.4 Å². The van der Waals surface area contributed by atoms with Gasteiger partial charge in [-0.25, -0.2) is 4.79 Å². The number of carbonyl (C=O) groups excluding carboxylic acids is 3. The Bertz CT molecular complexity index is 1060. The normalized spacial score (nSPS) is 18.3. The zero-order valence-electron chi connectivity index (χ0n) is 18.4. The van der Waals surface area contributed by atoms with E-state index in [-0.39, 0.29) is 17.9 Å². The fourth-order valence-corrected chi connectivity index (χ4v) is 4.45. The molecule has 4 unspecified atom stereocenters. The van der Waals surface area contributed by atoms with Gasteiger partial charge in [0, 0.05) is 41.6 Å². The Labute approximate surface area is 207 Å². The molecule has 6 N–H and O–H groups in total. The van der Waals surface area contributed by atoms with Gasteiger partial charge in [0.05, 0.1) is 6.04 Å². The van der Waals surface area contributed by atoms with E-state index in [4.69, 9.17) is 5.73 Å². The number of H-pyrrole nitrogens is 1. The summed E-state index contributed by atoms with van der Waals surface area (Å²) in [6, 6.07) is 3.73. The summed E-state index contributed by atoms with van der Waals surface area (Å²) in [6.07, 6.45) is 2.94. The third-order valence-electron chi connectivity index (χ3n) is 5.88. The Balaban J connectivity index is 1.83. The predicted molar refractivity (Wildman–Crippen MR) is 134 cm³/mol. The van der Waals surface area contributed by atoms with Crippen molar-refractivity contribution < 1.29 is 24.3 Å². The number of hydrogen-bond acceptors (Lipinski definition) is 7. The number of nitrogens with zero attached hydrogens (tertiary/aromatic N) is 1. The molecule has 1 aromatic carbocycles. The topological polar surface area (TPSA) is 158 Å². The SMILES string of the molecule is NC(CS)C(=O)NC(Cc1c[nH]c2ccccc12)C(=O)N1CCCC1C(=O)NC(CS)C(=O)O. The minimum atomic E-state index is -1.20. The number of aliphatic carboxylic acids is 1. The summed E-state index contributed by atoms with van der Waals surface area (Å²) in [5.74, 6) is -2.69. The van der Waals surface area contributed by atoms with Crippen LogP contribution in [0, 0.1) is 0 Å². The third kappa shape index (κ3) is 5.86. The molecule has 4 atom stereocenters. The highest BCUT2D eigenvalue weighted by atomic mass is 32.1. The fourth-order valence-electron chi connectivity index (χ4n) is 4.04. The lowest BCUT2D eigenvalue weighted by atomic mass is 10.0. The van der Waals surface area contributed by atoms with Gasteiger partial charge in [0.25, 0.3) is 0 Å². The van der Waals surface area contributed by atoms with E-state index in [0.29, 0.717) is 19.4 Å². The second kappa shape index (κ2) is 11.6. The molecule has 3 amide bonds. The molecular weight excluding hydrogens is 478 g/mol. The van der Waals surface area contributed by atoms with Gasteiger partial charge in [-0.05, 0) is 24.5 Å². The highest BCUT2D eigenvalue weighted by Gasteiger charge is 2.39. The van der Waals surface area contributed by atoms with Crippen LogP contribution >= 0.6 is 25.3 Å². The molecule has 2 heterocycles. The van der Waals surface area contributed by atoms with Crippen LogP contribution in [0.1, 0.15) is 18.4 Å². The molecule has 1 aromatic heterocycles. The molecule has 1 aliphatic rings. The molecule has 1 aliphatic heterocycles. The van der Waals surface area contributed by atoms with E-state index in [1.54, 1.807) is 6.20 Å². The molecule has 10 nitrogen and oxygen atoms in total. The first kappa shape index (κ1) is 25.9. The molecule has 34 heavy (non-hydrogen) atoms. The number of hydrogen-bond donors (Lipinski definition) is 7. The summed E-state index contributed by atoms with van der Waals surface area (Å²) in [4.78, 5) is 54.8. The first-order valence-electron chi connectivity index (χ1n) is 10.9.